The average Bonchev–Trinajstić information content (AvgIpc) is 2.62. The molecule has 25 heavy (non-hydrogen) atoms. The topological polar surface area (TPSA) is 62.1 Å². The van der Waals surface area contributed by atoms with Gasteiger partial charge in [-0.1, -0.05) is 17.7 Å². The Morgan fingerprint density at radius 3 is 2.68 bits per heavy atom. The van der Waals surface area contributed by atoms with Crippen LogP contribution in [-0.4, -0.2) is 43.6 Å². The Kier molecular flexibility index (Phi) is 5.36. The first-order chi connectivity index (χ1) is 12.0. The summed E-state index contributed by atoms with van der Waals surface area (Å²) in [5, 5.41) is 9.33. The summed E-state index contributed by atoms with van der Waals surface area (Å²) in [7, 11) is 0. The van der Waals surface area contributed by atoms with Crippen LogP contribution in [0.1, 0.15) is 21.5 Å². The molecule has 2 aromatic carbocycles. The van der Waals surface area contributed by atoms with Gasteiger partial charge in [0.15, 0.2) is 0 Å². The molecular formula is C19H19ClN2O3. The van der Waals surface area contributed by atoms with Crippen LogP contribution >= 0.6 is 11.6 Å². The largest absolute Gasteiger partial charge is 0.478 e. The quantitative estimate of drug-likeness (QED) is 0.841. The predicted octanol–water partition coefficient (Wildman–Crippen LogP) is 3.93. The van der Waals surface area contributed by atoms with Crippen molar-refractivity contribution in [2.45, 2.75) is 6.92 Å². The van der Waals surface area contributed by atoms with E-state index in [0.29, 0.717) is 5.69 Å². The molecule has 0 radical (unpaired) electrons. The van der Waals surface area contributed by atoms with Crippen molar-refractivity contribution in [1.82, 2.24) is 0 Å². The molecule has 130 valence electrons. The van der Waals surface area contributed by atoms with E-state index in [2.05, 4.69) is 22.0 Å². The van der Waals surface area contributed by atoms with Crippen LogP contribution in [0.4, 0.5) is 11.4 Å². The monoisotopic (exact) mass is 358 g/mol. The minimum Gasteiger partial charge on any atom is -0.478 e. The van der Waals surface area contributed by atoms with Crippen molar-refractivity contribution in [3.05, 3.63) is 58.1 Å². The zero-order valence-corrected chi connectivity index (χ0v) is 14.7. The van der Waals surface area contributed by atoms with E-state index in [-0.39, 0.29) is 10.6 Å². The van der Waals surface area contributed by atoms with Gasteiger partial charge in [-0.3, -0.25) is 4.99 Å². The van der Waals surface area contributed by atoms with Crippen molar-refractivity contribution < 1.29 is 14.6 Å². The number of carboxylic acid groups (broad SMARTS) is 1. The van der Waals surface area contributed by atoms with E-state index in [9.17, 15) is 4.79 Å². The van der Waals surface area contributed by atoms with E-state index in [0.717, 1.165) is 37.4 Å². The normalized spacial score (nSPS) is 14.9. The number of ether oxygens (including phenoxy) is 1. The number of rotatable bonds is 4. The fourth-order valence-electron chi connectivity index (χ4n) is 2.72. The number of anilines is 1. The van der Waals surface area contributed by atoms with Crippen LogP contribution in [0.5, 0.6) is 0 Å². The van der Waals surface area contributed by atoms with Crippen molar-refractivity contribution in [1.29, 1.82) is 0 Å². The first-order valence-corrected chi connectivity index (χ1v) is 8.42. The van der Waals surface area contributed by atoms with Crippen LogP contribution in [0.15, 0.2) is 41.4 Å². The molecule has 0 aliphatic carbocycles. The minimum absolute atomic E-state index is 0.0516. The van der Waals surface area contributed by atoms with Crippen LogP contribution in [0, 0.1) is 6.92 Å². The van der Waals surface area contributed by atoms with Crippen LogP contribution < -0.4 is 4.90 Å². The van der Waals surface area contributed by atoms with Gasteiger partial charge in [0.1, 0.15) is 0 Å². The van der Waals surface area contributed by atoms with Gasteiger partial charge in [0, 0.05) is 25.0 Å². The number of aryl methyl sites for hydroxylation is 1. The molecule has 1 fully saturated rings. The number of carboxylic acids is 1. The summed E-state index contributed by atoms with van der Waals surface area (Å²) in [6.45, 7) is 5.34. The highest BCUT2D eigenvalue weighted by atomic mass is 35.5. The summed E-state index contributed by atoms with van der Waals surface area (Å²) in [6, 6.07) is 11.0. The standard InChI is InChI=1S/C19H19ClN2O3/c1-13-10-16(22-6-8-25-9-7-22)4-2-14(13)12-21-15-3-5-18(20)17(11-15)19(23)24/h2-5,10-12H,6-9H2,1H3,(H,23,24). The van der Waals surface area contributed by atoms with Gasteiger partial charge in [0.05, 0.1) is 29.5 Å². The highest BCUT2D eigenvalue weighted by Crippen LogP contribution is 2.23. The van der Waals surface area contributed by atoms with Crippen LogP contribution in [0.2, 0.25) is 5.02 Å². The molecule has 0 saturated carbocycles. The lowest BCUT2D eigenvalue weighted by Crippen LogP contribution is -2.36. The number of benzene rings is 2. The lowest BCUT2D eigenvalue weighted by atomic mass is 10.1. The van der Waals surface area contributed by atoms with Crippen LogP contribution in [0.3, 0.4) is 0 Å². The predicted molar refractivity (Wildman–Crippen MR) is 99.9 cm³/mol. The summed E-state index contributed by atoms with van der Waals surface area (Å²) >= 11 is 5.88. The van der Waals surface area contributed by atoms with E-state index < -0.39 is 5.97 Å². The Bertz CT molecular complexity index is 814. The zero-order valence-electron chi connectivity index (χ0n) is 13.9. The first kappa shape index (κ1) is 17.5. The van der Waals surface area contributed by atoms with Crippen molar-refractivity contribution in [3.63, 3.8) is 0 Å². The molecule has 0 amide bonds. The third-order valence-corrected chi connectivity index (χ3v) is 4.49. The van der Waals surface area contributed by atoms with Gasteiger partial charge >= 0.3 is 5.97 Å². The molecule has 1 saturated heterocycles. The zero-order chi connectivity index (χ0) is 17.8. The Balaban J connectivity index is 1.79. The number of hydrogen-bond donors (Lipinski definition) is 1. The van der Waals surface area contributed by atoms with Gasteiger partial charge < -0.3 is 14.7 Å². The van der Waals surface area contributed by atoms with Gasteiger partial charge in [0.2, 0.25) is 0 Å². The Labute approximate surface area is 151 Å². The molecule has 1 aliphatic heterocycles. The number of nitrogens with zero attached hydrogens (tertiary/aromatic N) is 2. The molecule has 0 atom stereocenters. The minimum atomic E-state index is -1.06. The molecule has 0 aromatic heterocycles. The maximum Gasteiger partial charge on any atom is 0.337 e. The molecule has 2 aromatic rings. The van der Waals surface area contributed by atoms with Crippen LogP contribution in [0.25, 0.3) is 0 Å². The van der Waals surface area contributed by atoms with Crippen molar-refractivity contribution >= 4 is 35.2 Å². The van der Waals surface area contributed by atoms with Gasteiger partial charge in [-0.25, -0.2) is 4.79 Å². The average molecular weight is 359 g/mol. The Morgan fingerprint density at radius 1 is 1.24 bits per heavy atom. The van der Waals surface area contributed by atoms with Gasteiger partial charge in [0.25, 0.3) is 0 Å². The first-order valence-electron chi connectivity index (χ1n) is 8.05. The van der Waals surface area contributed by atoms with E-state index >= 15 is 0 Å². The SMILES string of the molecule is Cc1cc(N2CCOCC2)ccc1C=Nc1ccc(Cl)c(C(=O)O)c1. The van der Waals surface area contributed by atoms with Gasteiger partial charge in [-0.2, -0.15) is 0 Å². The second-order valence-corrected chi connectivity index (χ2v) is 6.28. The van der Waals surface area contributed by atoms with E-state index in [1.54, 1.807) is 18.3 Å². The van der Waals surface area contributed by atoms with Crippen molar-refractivity contribution in [3.8, 4) is 0 Å². The lowest BCUT2D eigenvalue weighted by molar-refractivity contribution is 0.0697. The molecule has 0 spiro atoms. The number of aromatic carboxylic acids is 1. The maximum absolute atomic E-state index is 11.1. The van der Waals surface area contributed by atoms with E-state index in [1.165, 1.54) is 11.8 Å². The van der Waals surface area contributed by atoms with Gasteiger partial charge in [-0.15, -0.1) is 0 Å². The molecular weight excluding hydrogens is 340 g/mol. The Morgan fingerprint density at radius 2 is 2.00 bits per heavy atom. The second-order valence-electron chi connectivity index (χ2n) is 5.87. The maximum atomic E-state index is 11.1. The molecule has 0 bridgehead atoms. The number of aliphatic imine (C=N–C) groups is 1. The highest BCUT2D eigenvalue weighted by molar-refractivity contribution is 6.33. The van der Waals surface area contributed by atoms with Crippen LogP contribution in [-0.2, 0) is 4.74 Å². The lowest BCUT2D eigenvalue weighted by Gasteiger charge is -2.29. The van der Waals surface area contributed by atoms with E-state index in [4.69, 9.17) is 21.4 Å². The molecule has 1 aliphatic rings. The summed E-state index contributed by atoms with van der Waals surface area (Å²) in [5.74, 6) is -1.06. The van der Waals surface area contributed by atoms with E-state index in [1.807, 2.05) is 13.0 Å². The van der Waals surface area contributed by atoms with Gasteiger partial charge in [-0.05, 0) is 48.4 Å². The highest BCUT2D eigenvalue weighted by Gasteiger charge is 2.12. The Hall–Kier alpha value is -2.37. The summed E-state index contributed by atoms with van der Waals surface area (Å²) < 4.78 is 5.38. The molecule has 5 nitrogen and oxygen atoms in total. The third-order valence-electron chi connectivity index (χ3n) is 4.16. The summed E-state index contributed by atoms with van der Waals surface area (Å²) in [4.78, 5) is 17.8. The summed E-state index contributed by atoms with van der Waals surface area (Å²) in [5.41, 5.74) is 3.88. The van der Waals surface area contributed by atoms with Crippen molar-refractivity contribution in [2.24, 2.45) is 4.99 Å². The van der Waals surface area contributed by atoms with Crippen molar-refractivity contribution in [2.75, 3.05) is 31.2 Å². The number of carbonyl (C=O) groups is 1. The second kappa shape index (κ2) is 7.68. The smallest absolute Gasteiger partial charge is 0.337 e. The molecule has 1 heterocycles. The molecule has 3 rings (SSSR count). The number of hydrogen-bond acceptors (Lipinski definition) is 4. The molecule has 0 unspecified atom stereocenters. The fraction of sp³-hybridized carbons (Fsp3) is 0.263. The summed E-state index contributed by atoms with van der Waals surface area (Å²) in [6.07, 6.45) is 1.74. The molecule has 1 N–H and O–H groups in total. The fourth-order valence-corrected chi connectivity index (χ4v) is 2.92. The number of morpholine rings is 1. The molecule has 6 heteroatoms. The number of halogens is 1. The third kappa shape index (κ3) is 4.18.